The minimum Gasteiger partial charge on any atom is -0.394 e. The molecule has 1 aliphatic carbocycles. The number of benzene rings is 2. The third kappa shape index (κ3) is 3.86. The summed E-state index contributed by atoms with van der Waals surface area (Å²) in [5, 5.41) is 10.1. The highest BCUT2D eigenvalue weighted by Gasteiger charge is 2.54. The molecule has 2 fully saturated rings. The van der Waals surface area contributed by atoms with Gasteiger partial charge in [-0.2, -0.15) is 0 Å². The third-order valence-electron chi connectivity index (χ3n) is 7.53. The fourth-order valence-electron chi connectivity index (χ4n) is 5.74. The molecule has 0 radical (unpaired) electrons. The van der Waals surface area contributed by atoms with Crippen molar-refractivity contribution in [1.29, 1.82) is 0 Å². The average molecular weight is 448 g/mol. The molecule has 5 rings (SSSR count). The molecule has 172 valence electrons. The highest BCUT2D eigenvalue weighted by atomic mass is 19.1. The number of carbonyl (C=O) groups is 1. The highest BCUT2D eigenvalue weighted by Crippen LogP contribution is 2.57. The molecular weight excluding hydrogens is 417 g/mol. The van der Waals surface area contributed by atoms with Gasteiger partial charge >= 0.3 is 0 Å². The number of imidazole rings is 1. The van der Waals surface area contributed by atoms with Gasteiger partial charge in [0.05, 0.1) is 30.1 Å². The Hall–Kier alpha value is -2.99. The highest BCUT2D eigenvalue weighted by molar-refractivity contribution is 5.85. The Balaban J connectivity index is 1.32. The number of hydrogen-bond acceptors (Lipinski definition) is 3. The quantitative estimate of drug-likeness (QED) is 0.608. The van der Waals surface area contributed by atoms with Crippen LogP contribution in [0.5, 0.6) is 0 Å². The SMILES string of the molecule is Cc1cn(-c2ccc(C3CC4(CCCN(C(CO)c5ccc(F)cc5)C4=O)C3)cc2C)cn1. The molecule has 1 spiro atoms. The summed E-state index contributed by atoms with van der Waals surface area (Å²) in [7, 11) is 0. The zero-order chi connectivity index (χ0) is 23.2. The summed E-state index contributed by atoms with van der Waals surface area (Å²) in [6.45, 7) is 4.57. The van der Waals surface area contributed by atoms with Crippen LogP contribution in [-0.2, 0) is 4.79 Å². The van der Waals surface area contributed by atoms with E-state index in [2.05, 4.69) is 30.1 Å². The van der Waals surface area contributed by atoms with E-state index >= 15 is 0 Å². The Labute approximate surface area is 193 Å². The summed E-state index contributed by atoms with van der Waals surface area (Å²) in [6, 6.07) is 12.2. The normalized spacial score (nSPS) is 23.6. The number of aryl methyl sites for hydroxylation is 2. The Kier molecular flexibility index (Phi) is 5.57. The predicted molar refractivity (Wildman–Crippen MR) is 125 cm³/mol. The molecule has 2 aliphatic rings. The number of amides is 1. The van der Waals surface area contributed by atoms with E-state index in [0.29, 0.717) is 12.5 Å². The zero-order valence-electron chi connectivity index (χ0n) is 19.2. The number of likely N-dealkylation sites (tertiary alicyclic amines) is 1. The number of carbonyl (C=O) groups excluding carboxylic acids is 1. The molecular formula is C27H30FN3O2. The molecule has 1 aromatic heterocycles. The van der Waals surface area contributed by atoms with Crippen LogP contribution in [0.4, 0.5) is 4.39 Å². The fourth-order valence-corrected chi connectivity index (χ4v) is 5.74. The average Bonchev–Trinajstić information content (AvgIpc) is 3.21. The van der Waals surface area contributed by atoms with E-state index in [-0.39, 0.29) is 23.7 Å². The first-order chi connectivity index (χ1) is 15.9. The molecule has 1 N–H and O–H groups in total. The summed E-state index contributed by atoms with van der Waals surface area (Å²) in [4.78, 5) is 19.7. The van der Waals surface area contributed by atoms with Crippen LogP contribution in [0.1, 0.15) is 60.0 Å². The first-order valence-corrected chi connectivity index (χ1v) is 11.7. The molecule has 2 heterocycles. The molecule has 2 aromatic carbocycles. The molecule has 33 heavy (non-hydrogen) atoms. The van der Waals surface area contributed by atoms with Gasteiger partial charge in [-0.25, -0.2) is 9.37 Å². The van der Waals surface area contributed by atoms with Crippen molar-refractivity contribution in [3.63, 3.8) is 0 Å². The number of halogens is 1. The number of aliphatic hydroxyl groups excluding tert-OH is 1. The van der Waals surface area contributed by atoms with Gasteiger partial charge in [0.15, 0.2) is 0 Å². The topological polar surface area (TPSA) is 58.4 Å². The van der Waals surface area contributed by atoms with Crippen molar-refractivity contribution in [3.8, 4) is 5.69 Å². The monoisotopic (exact) mass is 447 g/mol. The third-order valence-corrected chi connectivity index (χ3v) is 7.53. The summed E-state index contributed by atoms with van der Waals surface area (Å²) in [5.41, 5.74) is 5.02. The van der Waals surface area contributed by atoms with Crippen molar-refractivity contribution in [3.05, 3.63) is 83.2 Å². The van der Waals surface area contributed by atoms with E-state index in [9.17, 15) is 14.3 Å². The zero-order valence-corrected chi connectivity index (χ0v) is 19.2. The van der Waals surface area contributed by atoms with Gasteiger partial charge in [0.25, 0.3) is 0 Å². The van der Waals surface area contributed by atoms with Gasteiger partial charge in [-0.15, -0.1) is 0 Å². The van der Waals surface area contributed by atoms with E-state index in [1.54, 1.807) is 12.1 Å². The molecule has 1 aliphatic heterocycles. The Morgan fingerprint density at radius 3 is 2.58 bits per heavy atom. The van der Waals surface area contributed by atoms with Gasteiger partial charge in [-0.3, -0.25) is 4.79 Å². The minimum absolute atomic E-state index is 0.135. The van der Waals surface area contributed by atoms with Crippen molar-refractivity contribution in [1.82, 2.24) is 14.5 Å². The molecule has 6 heteroatoms. The van der Waals surface area contributed by atoms with Gasteiger partial charge in [0, 0.05) is 18.4 Å². The number of aromatic nitrogens is 2. The van der Waals surface area contributed by atoms with Crippen LogP contribution in [0.3, 0.4) is 0 Å². The van der Waals surface area contributed by atoms with Crippen molar-refractivity contribution in [2.24, 2.45) is 5.41 Å². The van der Waals surface area contributed by atoms with Crippen LogP contribution in [0.25, 0.3) is 5.69 Å². The van der Waals surface area contributed by atoms with E-state index in [1.807, 2.05) is 28.9 Å². The molecule has 1 amide bonds. The van der Waals surface area contributed by atoms with Crippen molar-refractivity contribution in [2.75, 3.05) is 13.2 Å². The lowest BCUT2D eigenvalue weighted by atomic mass is 9.56. The smallest absolute Gasteiger partial charge is 0.229 e. The van der Waals surface area contributed by atoms with Crippen LogP contribution < -0.4 is 0 Å². The van der Waals surface area contributed by atoms with Crippen LogP contribution in [-0.4, -0.2) is 38.6 Å². The second-order valence-electron chi connectivity index (χ2n) is 9.71. The molecule has 1 atom stereocenters. The second kappa shape index (κ2) is 8.41. The minimum atomic E-state index is -0.422. The predicted octanol–water partition coefficient (Wildman–Crippen LogP) is 4.85. The number of nitrogens with zero attached hydrogens (tertiary/aromatic N) is 3. The van der Waals surface area contributed by atoms with Crippen molar-refractivity contribution in [2.45, 2.75) is 51.5 Å². The fraction of sp³-hybridized carbons (Fsp3) is 0.407. The number of piperidine rings is 1. The standard InChI is InChI=1S/C27H30FN3O2/c1-18-12-21(6-9-24(18)30-15-19(2)29-17-30)22-13-27(14-22)10-3-11-31(26(27)33)25(16-32)20-4-7-23(28)8-5-20/h4-9,12,15,17,22,25,32H,3,10-11,13-14,16H2,1-2H3. The van der Waals surface area contributed by atoms with Crippen LogP contribution in [0.15, 0.2) is 55.0 Å². The van der Waals surface area contributed by atoms with Gasteiger partial charge in [-0.05, 0) is 80.3 Å². The second-order valence-corrected chi connectivity index (χ2v) is 9.71. The van der Waals surface area contributed by atoms with Gasteiger partial charge in [0.2, 0.25) is 5.91 Å². The maximum absolute atomic E-state index is 13.6. The van der Waals surface area contributed by atoms with E-state index in [0.717, 1.165) is 42.6 Å². The lowest BCUT2D eigenvalue weighted by molar-refractivity contribution is -0.158. The van der Waals surface area contributed by atoms with Gasteiger partial charge in [0.1, 0.15) is 5.82 Å². The Bertz CT molecular complexity index is 1160. The van der Waals surface area contributed by atoms with Crippen molar-refractivity contribution >= 4 is 5.91 Å². The van der Waals surface area contributed by atoms with E-state index in [1.165, 1.54) is 23.3 Å². The Morgan fingerprint density at radius 1 is 1.18 bits per heavy atom. The largest absolute Gasteiger partial charge is 0.394 e. The van der Waals surface area contributed by atoms with Crippen LogP contribution in [0.2, 0.25) is 0 Å². The molecule has 1 saturated heterocycles. The number of aliphatic hydroxyl groups is 1. The van der Waals surface area contributed by atoms with Gasteiger partial charge in [-0.1, -0.05) is 24.3 Å². The number of hydrogen-bond donors (Lipinski definition) is 1. The summed E-state index contributed by atoms with van der Waals surface area (Å²) >= 11 is 0. The van der Waals surface area contributed by atoms with E-state index < -0.39 is 6.04 Å². The maximum atomic E-state index is 13.6. The van der Waals surface area contributed by atoms with Crippen molar-refractivity contribution < 1.29 is 14.3 Å². The molecule has 1 unspecified atom stereocenters. The summed E-state index contributed by atoms with van der Waals surface area (Å²) < 4.78 is 15.4. The molecule has 1 saturated carbocycles. The van der Waals surface area contributed by atoms with Crippen LogP contribution in [0, 0.1) is 25.1 Å². The summed E-state index contributed by atoms with van der Waals surface area (Å²) in [6.07, 6.45) is 7.36. The first-order valence-electron chi connectivity index (χ1n) is 11.7. The molecule has 5 nitrogen and oxygen atoms in total. The first kappa shape index (κ1) is 21.8. The van der Waals surface area contributed by atoms with E-state index in [4.69, 9.17) is 0 Å². The lowest BCUT2D eigenvalue weighted by Gasteiger charge is -2.53. The number of rotatable bonds is 5. The van der Waals surface area contributed by atoms with Crippen LogP contribution >= 0.6 is 0 Å². The molecule has 0 bridgehead atoms. The lowest BCUT2D eigenvalue weighted by Crippen LogP contribution is -2.55. The van der Waals surface area contributed by atoms with Gasteiger partial charge < -0.3 is 14.6 Å². The molecule has 3 aromatic rings. The maximum Gasteiger partial charge on any atom is 0.229 e. The summed E-state index contributed by atoms with van der Waals surface area (Å²) in [5.74, 6) is 0.184. The Morgan fingerprint density at radius 2 is 1.94 bits per heavy atom.